The standard InChI is InChI=1S/C21H26O3.H4N2/c1-2-3-4-5-6-10-15-24-18-13-14-19(20(22)16-18)21(23)17-11-8-7-9-12-17;1-2/h7-9,11-14,16,22H,2-6,10,15H2,1H3;1-2H2. The molecule has 0 saturated heterocycles. The number of hydrogen-bond donors (Lipinski definition) is 3. The van der Waals surface area contributed by atoms with Crippen LogP contribution in [-0.2, 0) is 0 Å². The molecule has 5 heteroatoms. The number of carbonyl (C=O) groups is 1. The molecule has 0 unspecified atom stereocenters. The van der Waals surface area contributed by atoms with E-state index in [1.807, 2.05) is 18.2 Å². The van der Waals surface area contributed by atoms with E-state index in [0.717, 1.165) is 12.8 Å². The van der Waals surface area contributed by atoms with Gasteiger partial charge in [0.05, 0.1) is 12.2 Å². The van der Waals surface area contributed by atoms with Gasteiger partial charge in [0.2, 0.25) is 0 Å². The van der Waals surface area contributed by atoms with Crippen molar-refractivity contribution in [3.8, 4) is 11.5 Å². The zero-order chi connectivity index (χ0) is 19.2. The number of ether oxygens (including phenoxy) is 1. The summed E-state index contributed by atoms with van der Waals surface area (Å²) in [5, 5.41) is 10.1. The Labute approximate surface area is 155 Å². The van der Waals surface area contributed by atoms with Crippen molar-refractivity contribution in [3.05, 3.63) is 59.7 Å². The average molecular weight is 358 g/mol. The number of hydrogen-bond acceptors (Lipinski definition) is 5. The van der Waals surface area contributed by atoms with Gasteiger partial charge in [0, 0.05) is 11.6 Å². The molecule has 0 fully saturated rings. The fourth-order valence-electron chi connectivity index (χ4n) is 2.61. The van der Waals surface area contributed by atoms with Gasteiger partial charge in [0.1, 0.15) is 11.5 Å². The molecule has 5 N–H and O–H groups in total. The van der Waals surface area contributed by atoms with Crippen LogP contribution in [0.15, 0.2) is 48.5 Å². The van der Waals surface area contributed by atoms with Crippen LogP contribution < -0.4 is 16.4 Å². The summed E-state index contributed by atoms with van der Waals surface area (Å²) >= 11 is 0. The van der Waals surface area contributed by atoms with Gasteiger partial charge in [-0.25, -0.2) is 0 Å². The Balaban J connectivity index is 0.00000163. The molecule has 26 heavy (non-hydrogen) atoms. The number of phenols is 1. The molecular formula is C21H30N2O3. The Morgan fingerprint density at radius 2 is 1.62 bits per heavy atom. The van der Waals surface area contributed by atoms with Crippen LogP contribution in [0.25, 0.3) is 0 Å². The summed E-state index contributed by atoms with van der Waals surface area (Å²) in [6.07, 6.45) is 7.25. The first-order valence-electron chi connectivity index (χ1n) is 9.11. The van der Waals surface area contributed by atoms with Gasteiger partial charge in [-0.1, -0.05) is 69.4 Å². The van der Waals surface area contributed by atoms with Gasteiger partial charge >= 0.3 is 0 Å². The summed E-state index contributed by atoms with van der Waals surface area (Å²) in [6, 6.07) is 13.8. The molecule has 0 atom stereocenters. The van der Waals surface area contributed by atoms with Gasteiger partial charge in [0.25, 0.3) is 0 Å². The van der Waals surface area contributed by atoms with Crippen molar-refractivity contribution in [2.45, 2.75) is 45.4 Å². The predicted octanol–water partition coefficient (Wildman–Crippen LogP) is 4.18. The summed E-state index contributed by atoms with van der Waals surface area (Å²) in [6.45, 7) is 2.85. The number of nitrogens with two attached hydrogens (primary N) is 2. The Morgan fingerprint density at radius 1 is 0.962 bits per heavy atom. The second kappa shape index (κ2) is 12.9. The van der Waals surface area contributed by atoms with Crippen molar-refractivity contribution in [2.24, 2.45) is 11.7 Å². The first kappa shape index (κ1) is 21.7. The van der Waals surface area contributed by atoms with Gasteiger partial charge in [-0.3, -0.25) is 16.5 Å². The second-order valence-corrected chi connectivity index (χ2v) is 5.99. The molecule has 0 amide bonds. The van der Waals surface area contributed by atoms with E-state index in [9.17, 15) is 9.90 Å². The molecule has 0 heterocycles. The van der Waals surface area contributed by atoms with Crippen LogP contribution in [0.2, 0.25) is 0 Å². The maximum absolute atomic E-state index is 12.4. The van der Waals surface area contributed by atoms with Gasteiger partial charge < -0.3 is 9.84 Å². The minimum absolute atomic E-state index is 0.0377. The van der Waals surface area contributed by atoms with Crippen molar-refractivity contribution in [1.82, 2.24) is 0 Å². The maximum Gasteiger partial charge on any atom is 0.196 e. The van der Waals surface area contributed by atoms with Crippen LogP contribution in [0.5, 0.6) is 11.5 Å². The molecule has 0 aliphatic rings. The number of ketones is 1. The van der Waals surface area contributed by atoms with E-state index >= 15 is 0 Å². The number of rotatable bonds is 10. The smallest absolute Gasteiger partial charge is 0.196 e. The SMILES string of the molecule is CCCCCCCCOc1ccc(C(=O)c2ccccc2)c(O)c1.NN. The second-order valence-electron chi connectivity index (χ2n) is 5.99. The summed E-state index contributed by atoms with van der Waals surface area (Å²) in [5.41, 5.74) is 0.863. The summed E-state index contributed by atoms with van der Waals surface area (Å²) in [4.78, 5) is 12.4. The van der Waals surface area contributed by atoms with Gasteiger partial charge in [-0.15, -0.1) is 0 Å². The van der Waals surface area contributed by atoms with E-state index in [1.54, 1.807) is 24.3 Å². The van der Waals surface area contributed by atoms with Crippen LogP contribution in [0.4, 0.5) is 0 Å². The van der Waals surface area contributed by atoms with Crippen molar-refractivity contribution in [2.75, 3.05) is 6.61 Å². The quantitative estimate of drug-likeness (QED) is 0.256. The first-order valence-corrected chi connectivity index (χ1v) is 9.11. The third-order valence-corrected chi connectivity index (χ3v) is 4.02. The lowest BCUT2D eigenvalue weighted by Crippen LogP contribution is -2.02. The lowest BCUT2D eigenvalue weighted by Gasteiger charge is -2.09. The van der Waals surface area contributed by atoms with Gasteiger partial charge in [-0.05, 0) is 18.6 Å². The zero-order valence-electron chi connectivity index (χ0n) is 15.5. The minimum atomic E-state index is -0.185. The zero-order valence-corrected chi connectivity index (χ0v) is 15.5. The summed E-state index contributed by atoms with van der Waals surface area (Å²) < 4.78 is 5.66. The van der Waals surface area contributed by atoms with E-state index < -0.39 is 0 Å². The molecule has 2 aromatic rings. The largest absolute Gasteiger partial charge is 0.507 e. The molecule has 0 aromatic heterocycles. The Hall–Kier alpha value is -2.37. The molecule has 0 radical (unpaired) electrons. The number of aromatic hydroxyl groups is 1. The minimum Gasteiger partial charge on any atom is -0.507 e. The fourth-order valence-corrected chi connectivity index (χ4v) is 2.61. The average Bonchev–Trinajstić information content (AvgIpc) is 2.69. The molecule has 2 aromatic carbocycles. The van der Waals surface area contributed by atoms with Crippen LogP contribution in [0.1, 0.15) is 61.4 Å². The monoisotopic (exact) mass is 358 g/mol. The molecule has 5 nitrogen and oxygen atoms in total. The van der Waals surface area contributed by atoms with Gasteiger partial charge in [0.15, 0.2) is 5.78 Å². The highest BCUT2D eigenvalue weighted by molar-refractivity contribution is 6.10. The molecule has 142 valence electrons. The fraction of sp³-hybridized carbons (Fsp3) is 0.381. The van der Waals surface area contributed by atoms with Crippen molar-refractivity contribution in [1.29, 1.82) is 0 Å². The highest BCUT2D eigenvalue weighted by Gasteiger charge is 2.13. The maximum atomic E-state index is 12.4. The third-order valence-electron chi connectivity index (χ3n) is 4.02. The molecule has 0 bridgehead atoms. The molecule has 0 aliphatic heterocycles. The van der Waals surface area contributed by atoms with E-state index in [2.05, 4.69) is 18.6 Å². The lowest BCUT2D eigenvalue weighted by molar-refractivity contribution is 0.103. The Bertz CT molecular complexity index is 645. The topological polar surface area (TPSA) is 98.6 Å². The number of unbranched alkanes of at least 4 members (excludes halogenated alkanes) is 5. The van der Waals surface area contributed by atoms with Crippen LogP contribution in [-0.4, -0.2) is 17.5 Å². The highest BCUT2D eigenvalue weighted by Crippen LogP contribution is 2.26. The lowest BCUT2D eigenvalue weighted by atomic mass is 10.0. The van der Waals surface area contributed by atoms with E-state index in [0.29, 0.717) is 23.5 Å². The Morgan fingerprint density at radius 3 is 2.27 bits per heavy atom. The number of carbonyl (C=O) groups excluding carboxylic acids is 1. The van der Waals surface area contributed by atoms with Crippen molar-refractivity contribution in [3.63, 3.8) is 0 Å². The van der Waals surface area contributed by atoms with Gasteiger partial charge in [-0.2, -0.15) is 0 Å². The normalized spacial score (nSPS) is 9.96. The predicted molar refractivity (Wildman–Crippen MR) is 105 cm³/mol. The molecule has 0 saturated carbocycles. The van der Waals surface area contributed by atoms with E-state index in [4.69, 9.17) is 4.74 Å². The molecular weight excluding hydrogens is 328 g/mol. The summed E-state index contributed by atoms with van der Waals surface area (Å²) in [7, 11) is 0. The van der Waals surface area contributed by atoms with E-state index in [1.165, 1.54) is 31.7 Å². The number of phenolic OH excluding ortho intramolecular Hbond substituents is 1. The van der Waals surface area contributed by atoms with E-state index in [-0.39, 0.29) is 11.5 Å². The van der Waals surface area contributed by atoms with Crippen LogP contribution in [0.3, 0.4) is 0 Å². The number of hydrazine groups is 1. The molecule has 2 rings (SSSR count). The first-order chi connectivity index (χ1) is 12.7. The highest BCUT2D eigenvalue weighted by atomic mass is 16.5. The Kier molecular flexibility index (Phi) is 10.8. The van der Waals surface area contributed by atoms with Crippen molar-refractivity contribution < 1.29 is 14.6 Å². The molecule has 0 aliphatic carbocycles. The molecule has 0 spiro atoms. The van der Waals surface area contributed by atoms with Crippen LogP contribution in [0, 0.1) is 0 Å². The summed E-state index contributed by atoms with van der Waals surface area (Å²) in [5.74, 6) is 8.38. The van der Waals surface area contributed by atoms with Crippen LogP contribution >= 0.6 is 0 Å². The third kappa shape index (κ3) is 7.25. The van der Waals surface area contributed by atoms with Crippen molar-refractivity contribution >= 4 is 5.78 Å². The number of benzene rings is 2.